The molecule has 0 saturated carbocycles. The van der Waals surface area contributed by atoms with Crippen LogP contribution in [0, 0.1) is 0 Å². The topological polar surface area (TPSA) is 30.2 Å². The van der Waals surface area contributed by atoms with E-state index in [1.807, 2.05) is 0 Å². The maximum atomic E-state index is 5.57. The van der Waals surface area contributed by atoms with Gasteiger partial charge in [-0.15, -0.1) is 0 Å². The average Bonchev–Trinajstić information content (AvgIpc) is 4.07. The quantitative estimate of drug-likeness (QED) is 0.164. The second kappa shape index (κ2) is 16.3. The van der Waals surface area contributed by atoms with Gasteiger partial charge < -0.3 is 0 Å². The Labute approximate surface area is 408 Å². The van der Waals surface area contributed by atoms with Gasteiger partial charge in [0.05, 0.1) is 22.1 Å². The number of nitrogens with zero attached hydrogens (tertiary/aromatic N) is 3. The largest absolute Gasteiger partial charge is 0.292 e. The normalized spacial score (nSPS) is 17.7. The average molecular weight is 894 g/mol. The highest BCUT2D eigenvalue weighted by atomic mass is 15.1. The van der Waals surface area contributed by atoms with Crippen molar-refractivity contribution in [2.45, 2.75) is 31.1 Å². The lowest BCUT2D eigenvalue weighted by molar-refractivity contribution is 0.781. The van der Waals surface area contributed by atoms with Gasteiger partial charge in [-0.1, -0.05) is 200 Å². The van der Waals surface area contributed by atoms with Gasteiger partial charge in [0.25, 0.3) is 0 Å². The zero-order valence-electron chi connectivity index (χ0n) is 38.7. The van der Waals surface area contributed by atoms with Gasteiger partial charge in [-0.05, 0) is 140 Å². The lowest BCUT2D eigenvalue weighted by Gasteiger charge is -2.32. The zero-order chi connectivity index (χ0) is 46.2. The van der Waals surface area contributed by atoms with Crippen LogP contribution < -0.4 is 10.4 Å². The predicted octanol–water partition coefficient (Wildman–Crippen LogP) is 14.7. The van der Waals surface area contributed by atoms with E-state index in [4.69, 9.17) is 9.98 Å². The number of hydrogen-bond donors (Lipinski definition) is 0. The predicted molar refractivity (Wildman–Crippen MR) is 289 cm³/mol. The Kier molecular flexibility index (Phi) is 9.38. The molecule has 1 spiro atoms. The van der Waals surface area contributed by atoms with Gasteiger partial charge >= 0.3 is 0 Å². The van der Waals surface area contributed by atoms with E-state index in [9.17, 15) is 0 Å². The molecule has 0 N–H and O–H groups in total. The zero-order valence-corrected chi connectivity index (χ0v) is 38.7. The SMILES string of the molecule is C1=CC2=C(CC1)c1c(-c3cccc(-c4nc5ccccc5n4-c4ccccc4)c3)cccc1C21c2ccccc2-c2c(-c3ccc4/c(c3)=C(/c3ccccc3)N=C(c3ccccc3)CC/C=4)cccc21. The summed E-state index contributed by atoms with van der Waals surface area (Å²) in [5, 5.41) is 2.39. The van der Waals surface area contributed by atoms with Crippen molar-refractivity contribution >= 4 is 34.1 Å². The van der Waals surface area contributed by atoms with Crippen molar-refractivity contribution in [3.63, 3.8) is 0 Å². The van der Waals surface area contributed by atoms with E-state index in [1.165, 1.54) is 77.6 Å². The second-order valence-electron chi connectivity index (χ2n) is 18.9. The number of fused-ring (bicyclic) bond motifs is 11. The molecule has 0 radical (unpaired) electrons. The molecule has 3 nitrogen and oxygen atoms in total. The first kappa shape index (κ1) is 40.4. The first-order valence-electron chi connectivity index (χ1n) is 24.7. The van der Waals surface area contributed by atoms with E-state index >= 15 is 0 Å². The van der Waals surface area contributed by atoms with Crippen molar-refractivity contribution in [1.82, 2.24) is 9.55 Å². The lowest BCUT2D eigenvalue weighted by Crippen LogP contribution is -2.28. The van der Waals surface area contributed by atoms with Crippen molar-refractivity contribution in [3.8, 4) is 50.5 Å². The molecule has 0 fully saturated rings. The molecule has 10 aromatic rings. The molecule has 1 aliphatic heterocycles. The summed E-state index contributed by atoms with van der Waals surface area (Å²) in [5.41, 5.74) is 24.0. The molecule has 0 saturated heterocycles. The minimum absolute atomic E-state index is 0.480. The maximum Gasteiger partial charge on any atom is 0.145 e. The van der Waals surface area contributed by atoms with Crippen LogP contribution in [0.5, 0.6) is 0 Å². The summed E-state index contributed by atoms with van der Waals surface area (Å²) >= 11 is 0. The van der Waals surface area contributed by atoms with Crippen LogP contribution in [-0.4, -0.2) is 15.3 Å². The molecule has 14 rings (SSSR count). The highest BCUT2D eigenvalue weighted by Crippen LogP contribution is 2.65. The fraction of sp³-hybridized carbons (Fsp3) is 0.0746. The molecule has 1 aromatic heterocycles. The van der Waals surface area contributed by atoms with Crippen LogP contribution in [0.2, 0.25) is 0 Å². The van der Waals surface area contributed by atoms with Gasteiger partial charge in [0.2, 0.25) is 0 Å². The van der Waals surface area contributed by atoms with Gasteiger partial charge in [0, 0.05) is 27.7 Å². The summed E-state index contributed by atoms with van der Waals surface area (Å²) in [6, 6.07) is 80.0. The number of rotatable bonds is 6. The maximum absolute atomic E-state index is 5.57. The van der Waals surface area contributed by atoms with E-state index in [0.717, 1.165) is 76.0 Å². The van der Waals surface area contributed by atoms with Gasteiger partial charge in [0.15, 0.2) is 0 Å². The summed E-state index contributed by atoms with van der Waals surface area (Å²) < 4.78 is 2.30. The molecule has 330 valence electrons. The minimum atomic E-state index is -0.480. The monoisotopic (exact) mass is 893 g/mol. The van der Waals surface area contributed by atoms with E-state index in [1.54, 1.807) is 0 Å². The number of aromatic nitrogens is 2. The molecule has 0 bridgehead atoms. The number of para-hydroxylation sites is 3. The fourth-order valence-electron chi connectivity index (χ4n) is 12.3. The van der Waals surface area contributed by atoms with Crippen molar-refractivity contribution in [1.29, 1.82) is 0 Å². The third-order valence-corrected chi connectivity index (χ3v) is 15.2. The molecule has 0 amide bonds. The third-order valence-electron chi connectivity index (χ3n) is 15.2. The van der Waals surface area contributed by atoms with Crippen LogP contribution in [0.25, 0.3) is 78.8 Å². The number of imidazole rings is 1. The Morgan fingerprint density at radius 3 is 1.91 bits per heavy atom. The lowest BCUT2D eigenvalue weighted by atomic mass is 9.68. The highest BCUT2D eigenvalue weighted by Gasteiger charge is 2.53. The molecule has 3 aliphatic carbocycles. The molecule has 3 heteroatoms. The van der Waals surface area contributed by atoms with E-state index in [2.05, 4.69) is 241 Å². The molecule has 4 aliphatic rings. The molecular formula is C67H47N3. The van der Waals surface area contributed by atoms with Crippen LogP contribution in [0.4, 0.5) is 0 Å². The summed E-state index contributed by atoms with van der Waals surface area (Å²) in [7, 11) is 0. The van der Waals surface area contributed by atoms with Gasteiger partial charge in [-0.2, -0.15) is 0 Å². The minimum Gasteiger partial charge on any atom is -0.292 e. The number of allylic oxidation sites excluding steroid dienone is 4. The molecule has 2 heterocycles. The van der Waals surface area contributed by atoms with Crippen molar-refractivity contribution in [2.75, 3.05) is 0 Å². The Balaban J connectivity index is 0.974. The molecular weight excluding hydrogens is 847 g/mol. The first-order chi connectivity index (χ1) is 34.7. The van der Waals surface area contributed by atoms with Gasteiger partial charge in [0.1, 0.15) is 5.82 Å². The number of aliphatic imine (C=N–C) groups is 1. The summed E-state index contributed by atoms with van der Waals surface area (Å²) in [5.74, 6) is 0.938. The smallest absolute Gasteiger partial charge is 0.145 e. The Morgan fingerprint density at radius 1 is 0.457 bits per heavy atom. The molecule has 70 heavy (non-hydrogen) atoms. The van der Waals surface area contributed by atoms with Crippen LogP contribution in [0.3, 0.4) is 0 Å². The molecule has 1 atom stereocenters. The Bertz CT molecular complexity index is 3980. The third kappa shape index (κ3) is 6.14. The molecule has 9 aromatic carbocycles. The van der Waals surface area contributed by atoms with E-state index in [0.29, 0.717) is 0 Å². The fourth-order valence-corrected chi connectivity index (χ4v) is 12.3. The highest BCUT2D eigenvalue weighted by molar-refractivity contribution is 6.05. The van der Waals surface area contributed by atoms with Crippen molar-refractivity contribution in [2.24, 2.45) is 4.99 Å². The Morgan fingerprint density at radius 2 is 1.09 bits per heavy atom. The van der Waals surface area contributed by atoms with Crippen molar-refractivity contribution < 1.29 is 0 Å². The van der Waals surface area contributed by atoms with Crippen LogP contribution in [0.15, 0.2) is 241 Å². The Hall–Kier alpha value is -8.66. The first-order valence-corrected chi connectivity index (χ1v) is 24.7. The summed E-state index contributed by atoms with van der Waals surface area (Å²) in [6.07, 6.45) is 11.1. The van der Waals surface area contributed by atoms with Gasteiger partial charge in [-0.3, -0.25) is 9.56 Å². The standard InChI is InChI=1S/C67H47N3/c1-4-20-45(21-5-1)60-38-17-24-44-40-41-48(43-55(44)65(68-60)46-22-6-2-7-23-46)52-32-19-36-59-64(52)54-30-11-13-34-57(54)67(59)56-33-12-10-29-53(56)63-51(31-18-35-58(63)67)47-25-16-26-49(42-47)66-69-61-37-14-15-39-62(61)70(66)50-27-8-3-9-28-50/h1-9,11-16,18-28,30-37,39-43H,10,17,29,38H2/b44-24+,65-55-,68-60?. The van der Waals surface area contributed by atoms with Crippen LogP contribution in [0.1, 0.15) is 59.1 Å². The molecule has 1 unspecified atom stereocenters. The van der Waals surface area contributed by atoms with Gasteiger partial charge in [-0.25, -0.2) is 4.98 Å². The van der Waals surface area contributed by atoms with Crippen LogP contribution in [-0.2, 0) is 5.41 Å². The number of benzene rings is 9. The number of hydrogen-bond acceptors (Lipinski definition) is 2. The van der Waals surface area contributed by atoms with E-state index in [-0.39, 0.29) is 0 Å². The van der Waals surface area contributed by atoms with E-state index < -0.39 is 5.41 Å². The van der Waals surface area contributed by atoms with Crippen LogP contribution >= 0.6 is 0 Å². The van der Waals surface area contributed by atoms with Crippen molar-refractivity contribution in [3.05, 3.63) is 280 Å². The second-order valence-corrected chi connectivity index (χ2v) is 18.9. The summed E-state index contributed by atoms with van der Waals surface area (Å²) in [6.45, 7) is 0. The summed E-state index contributed by atoms with van der Waals surface area (Å²) in [4.78, 5) is 10.8.